The fraction of sp³-hybridized carbons (Fsp3) is 0.688. The van der Waals surface area contributed by atoms with E-state index in [1.165, 1.54) is 0 Å². The predicted molar refractivity (Wildman–Crippen MR) is 104 cm³/mol. The van der Waals surface area contributed by atoms with Gasteiger partial charge in [-0.15, -0.1) is 11.3 Å². The van der Waals surface area contributed by atoms with E-state index in [2.05, 4.69) is 20.6 Å². The zero-order valence-corrected chi connectivity index (χ0v) is 16.9. The molecule has 1 aliphatic rings. The Kier molecular flexibility index (Phi) is 7.37. The summed E-state index contributed by atoms with van der Waals surface area (Å²) in [5, 5.41) is 8.62. The third-order valence-corrected chi connectivity index (χ3v) is 5.40. The number of amides is 1. The average molecular weight is 386 g/mol. The zero-order chi connectivity index (χ0) is 18.3. The van der Waals surface area contributed by atoms with Crippen LogP contribution in [0.25, 0.3) is 0 Å². The number of aromatic nitrogens is 1. The number of nitrogens with one attached hydrogen (secondary N) is 2. The van der Waals surface area contributed by atoms with Gasteiger partial charge in [0.05, 0.1) is 6.04 Å². The Balaban J connectivity index is 1.57. The van der Waals surface area contributed by atoms with E-state index in [0.717, 1.165) is 29.0 Å². The van der Waals surface area contributed by atoms with Gasteiger partial charge in [-0.1, -0.05) is 11.8 Å². The molecule has 1 aromatic rings. The van der Waals surface area contributed by atoms with Crippen molar-refractivity contribution >= 4 is 35.2 Å². The van der Waals surface area contributed by atoms with Crippen LogP contribution in [0.5, 0.6) is 0 Å². The van der Waals surface area contributed by atoms with Crippen LogP contribution in [0.15, 0.2) is 20.9 Å². The predicted octanol–water partition coefficient (Wildman–Crippen LogP) is 2.41. The summed E-state index contributed by atoms with van der Waals surface area (Å²) in [6.07, 6.45) is 2.60. The molecule has 7 nitrogen and oxygen atoms in total. The lowest BCUT2D eigenvalue weighted by molar-refractivity contribution is 0.00701. The number of hydrogen-bond donors (Lipinski definition) is 2. The van der Waals surface area contributed by atoms with Crippen molar-refractivity contribution in [1.82, 2.24) is 20.5 Å². The number of nitrogens with zero attached hydrogens (tertiary/aromatic N) is 3. The van der Waals surface area contributed by atoms with E-state index in [9.17, 15) is 4.79 Å². The molecule has 2 N–H and O–H groups in total. The van der Waals surface area contributed by atoms with Crippen LogP contribution < -0.4 is 10.6 Å². The van der Waals surface area contributed by atoms with E-state index in [1.54, 1.807) is 35.0 Å². The zero-order valence-electron chi connectivity index (χ0n) is 15.2. The second kappa shape index (κ2) is 9.28. The van der Waals surface area contributed by atoms with Crippen molar-refractivity contribution in [3.63, 3.8) is 0 Å². The number of rotatable bonds is 6. The maximum absolute atomic E-state index is 11.9. The number of aliphatic imine (C=N–C) groups is 1. The van der Waals surface area contributed by atoms with Gasteiger partial charge in [-0.3, -0.25) is 4.99 Å². The summed E-state index contributed by atoms with van der Waals surface area (Å²) >= 11 is 3.44. The second-order valence-electron chi connectivity index (χ2n) is 6.73. The first-order valence-electron chi connectivity index (χ1n) is 8.35. The Morgan fingerprint density at radius 3 is 2.88 bits per heavy atom. The number of hydrogen-bond acceptors (Lipinski definition) is 6. The quantitative estimate of drug-likeness (QED) is 0.339. The summed E-state index contributed by atoms with van der Waals surface area (Å²) in [5.41, 5.74) is -0.455. The Labute approximate surface area is 157 Å². The van der Waals surface area contributed by atoms with Crippen molar-refractivity contribution in [3.05, 3.63) is 11.6 Å². The Bertz CT molecular complexity index is 566. The molecule has 9 heteroatoms. The van der Waals surface area contributed by atoms with E-state index >= 15 is 0 Å². The van der Waals surface area contributed by atoms with Gasteiger partial charge < -0.3 is 20.3 Å². The fourth-order valence-corrected chi connectivity index (χ4v) is 3.80. The number of thioether (sulfide) groups is 1. The van der Waals surface area contributed by atoms with Crippen LogP contribution >= 0.6 is 23.1 Å². The van der Waals surface area contributed by atoms with Crippen molar-refractivity contribution < 1.29 is 9.53 Å². The summed E-state index contributed by atoms with van der Waals surface area (Å²) < 4.78 is 6.46. The monoisotopic (exact) mass is 385 g/mol. The first-order valence-corrected chi connectivity index (χ1v) is 10.2. The van der Waals surface area contributed by atoms with Crippen LogP contribution in [-0.2, 0) is 4.74 Å². The van der Waals surface area contributed by atoms with E-state index in [0.29, 0.717) is 13.1 Å². The minimum atomic E-state index is -0.455. The maximum atomic E-state index is 11.9. The second-order valence-corrected chi connectivity index (χ2v) is 8.96. The number of thiazole rings is 1. The molecule has 0 spiro atoms. The third-order valence-electron chi connectivity index (χ3n) is 3.35. The van der Waals surface area contributed by atoms with Gasteiger partial charge in [0.1, 0.15) is 9.94 Å². The van der Waals surface area contributed by atoms with E-state index < -0.39 is 5.60 Å². The highest BCUT2D eigenvalue weighted by molar-refractivity contribution is 8.00. The van der Waals surface area contributed by atoms with Crippen molar-refractivity contribution in [1.29, 1.82) is 0 Å². The number of carbonyl (C=O) groups excluding carboxylic acids is 1. The van der Waals surface area contributed by atoms with E-state index in [4.69, 9.17) is 4.74 Å². The molecule has 2 rings (SSSR count). The molecule has 0 bridgehead atoms. The van der Waals surface area contributed by atoms with Gasteiger partial charge in [0.25, 0.3) is 0 Å². The van der Waals surface area contributed by atoms with Crippen molar-refractivity contribution in [2.24, 2.45) is 4.99 Å². The lowest BCUT2D eigenvalue weighted by atomic mass is 10.1. The highest BCUT2D eigenvalue weighted by Crippen LogP contribution is 2.20. The Morgan fingerprint density at radius 2 is 2.28 bits per heavy atom. The van der Waals surface area contributed by atoms with E-state index in [1.807, 2.05) is 32.3 Å². The van der Waals surface area contributed by atoms with Gasteiger partial charge in [0.2, 0.25) is 0 Å². The lowest BCUT2D eigenvalue weighted by Crippen LogP contribution is -2.63. The highest BCUT2D eigenvalue weighted by Gasteiger charge is 2.34. The topological polar surface area (TPSA) is 78.9 Å². The molecule has 0 atom stereocenters. The van der Waals surface area contributed by atoms with Crippen molar-refractivity contribution in [3.8, 4) is 0 Å². The molecule has 1 saturated heterocycles. The van der Waals surface area contributed by atoms with Crippen LogP contribution in [0, 0.1) is 0 Å². The van der Waals surface area contributed by atoms with E-state index in [-0.39, 0.29) is 12.1 Å². The largest absolute Gasteiger partial charge is 0.444 e. The number of ether oxygens (including phenoxy) is 1. The minimum Gasteiger partial charge on any atom is -0.444 e. The maximum Gasteiger partial charge on any atom is 0.410 e. The normalized spacial score (nSPS) is 15.7. The molecule has 0 saturated carbocycles. The Morgan fingerprint density at radius 1 is 1.52 bits per heavy atom. The summed E-state index contributed by atoms with van der Waals surface area (Å²) in [5.74, 6) is 1.79. The van der Waals surface area contributed by atoms with Crippen molar-refractivity contribution in [2.45, 2.75) is 43.2 Å². The molecular formula is C16H27N5O2S2. The average Bonchev–Trinajstić information content (AvgIpc) is 2.99. The lowest BCUT2D eigenvalue weighted by Gasteiger charge is -2.40. The summed E-state index contributed by atoms with van der Waals surface area (Å²) in [6.45, 7) is 7.74. The van der Waals surface area contributed by atoms with Crippen LogP contribution in [0.3, 0.4) is 0 Å². The highest BCUT2D eigenvalue weighted by atomic mass is 32.2. The molecule has 0 unspecified atom stereocenters. The molecule has 1 amide bonds. The number of carbonyl (C=O) groups is 1. The standard InChI is InChI=1S/C16H27N5O2S2/c1-16(2,3)23-15(22)21-10-12(11-21)20-13(17-4)18-6-5-8-24-14-19-7-9-25-14/h7,9,12H,5-6,8,10-11H2,1-4H3,(H2,17,18,20). The molecule has 1 aromatic heterocycles. The molecule has 0 aromatic carbocycles. The van der Waals surface area contributed by atoms with Crippen LogP contribution in [0.2, 0.25) is 0 Å². The Hall–Kier alpha value is -1.48. The van der Waals surface area contributed by atoms with Gasteiger partial charge in [-0.2, -0.15) is 0 Å². The minimum absolute atomic E-state index is 0.211. The molecule has 1 fully saturated rings. The third kappa shape index (κ3) is 7.11. The van der Waals surface area contributed by atoms with Crippen LogP contribution in [0.1, 0.15) is 27.2 Å². The van der Waals surface area contributed by atoms with Gasteiger partial charge in [-0.05, 0) is 27.2 Å². The summed E-state index contributed by atoms with van der Waals surface area (Å²) in [6, 6.07) is 0.211. The SMILES string of the molecule is CN=C(NCCCSc1nccs1)NC1CN(C(=O)OC(C)(C)C)C1. The number of likely N-dealkylation sites (tertiary alicyclic amines) is 1. The molecule has 0 aliphatic carbocycles. The first-order chi connectivity index (χ1) is 11.9. The molecule has 1 aliphatic heterocycles. The smallest absolute Gasteiger partial charge is 0.410 e. The summed E-state index contributed by atoms with van der Waals surface area (Å²) in [7, 11) is 1.75. The molecule has 140 valence electrons. The van der Waals surface area contributed by atoms with Crippen LogP contribution in [0.4, 0.5) is 4.79 Å². The van der Waals surface area contributed by atoms with Gasteiger partial charge in [-0.25, -0.2) is 9.78 Å². The van der Waals surface area contributed by atoms with Gasteiger partial charge >= 0.3 is 6.09 Å². The summed E-state index contributed by atoms with van der Waals surface area (Å²) in [4.78, 5) is 22.1. The fourth-order valence-electron chi connectivity index (χ4n) is 2.15. The molecule has 2 heterocycles. The first kappa shape index (κ1) is 19.8. The molecule has 0 radical (unpaired) electrons. The molecule has 25 heavy (non-hydrogen) atoms. The number of guanidine groups is 1. The molecular weight excluding hydrogens is 358 g/mol. The van der Waals surface area contributed by atoms with Gasteiger partial charge in [0, 0.05) is 44.0 Å². The van der Waals surface area contributed by atoms with Crippen LogP contribution in [-0.4, -0.2) is 66.0 Å². The van der Waals surface area contributed by atoms with Crippen molar-refractivity contribution in [2.75, 3.05) is 32.4 Å². The van der Waals surface area contributed by atoms with Gasteiger partial charge in [0.15, 0.2) is 5.96 Å².